The molecule has 2 heteroatoms. The molecule has 9 aromatic carbocycles. The Morgan fingerprint density at radius 1 is 0.367 bits per heavy atom. The number of anilines is 3. The molecule has 0 saturated carbocycles. The average Bonchev–Trinajstić information content (AvgIpc) is 3.88. The van der Waals surface area contributed by atoms with Gasteiger partial charge in [-0.1, -0.05) is 172 Å². The van der Waals surface area contributed by atoms with E-state index < -0.39 is 5.41 Å². The molecule has 60 heavy (non-hydrogen) atoms. The predicted octanol–water partition coefficient (Wildman–Crippen LogP) is 14.9. The number of benzene rings is 9. The lowest BCUT2D eigenvalue weighted by Gasteiger charge is -2.40. The fourth-order valence-electron chi connectivity index (χ4n) is 11.4. The zero-order valence-electron chi connectivity index (χ0n) is 33.5. The van der Waals surface area contributed by atoms with Gasteiger partial charge in [-0.3, -0.25) is 0 Å². The van der Waals surface area contributed by atoms with Crippen molar-refractivity contribution in [2.24, 2.45) is 0 Å². The number of fused-ring (bicyclic) bond motifs is 15. The van der Waals surface area contributed by atoms with Crippen LogP contribution in [0.1, 0.15) is 47.2 Å². The van der Waals surface area contributed by atoms with Crippen molar-refractivity contribution in [3.05, 3.63) is 240 Å². The minimum atomic E-state index is -0.540. The van der Waals surface area contributed by atoms with Crippen molar-refractivity contribution < 1.29 is 0 Å². The SMILES string of the molecule is CC1(C)c2ccccc2-c2ccc(N(c3cccc(-c4ccccc4)c3)c3ccc4c(c3)C3(c5ccccc5-4)c4ccccc4-n4c5ccccc5c5cccc3c54)cc21. The van der Waals surface area contributed by atoms with E-state index in [2.05, 4.69) is 230 Å². The van der Waals surface area contributed by atoms with Crippen molar-refractivity contribution in [1.29, 1.82) is 0 Å². The monoisotopic (exact) mass is 764 g/mol. The van der Waals surface area contributed by atoms with E-state index in [1.807, 2.05) is 0 Å². The second kappa shape index (κ2) is 12.1. The predicted molar refractivity (Wildman–Crippen MR) is 249 cm³/mol. The van der Waals surface area contributed by atoms with Gasteiger partial charge in [0.05, 0.1) is 22.1 Å². The van der Waals surface area contributed by atoms with Crippen LogP contribution in [0.15, 0.2) is 206 Å². The summed E-state index contributed by atoms with van der Waals surface area (Å²) in [5.74, 6) is 0. The van der Waals surface area contributed by atoms with E-state index in [0.29, 0.717) is 0 Å². The highest BCUT2D eigenvalue weighted by atomic mass is 15.1. The molecule has 0 radical (unpaired) electrons. The van der Waals surface area contributed by atoms with Crippen LogP contribution in [0.25, 0.3) is 60.9 Å². The van der Waals surface area contributed by atoms with Crippen LogP contribution in [0.5, 0.6) is 0 Å². The van der Waals surface area contributed by atoms with E-state index in [1.165, 1.54) is 94.3 Å². The first-order valence-corrected chi connectivity index (χ1v) is 21.1. The molecule has 1 spiro atoms. The van der Waals surface area contributed by atoms with E-state index in [0.717, 1.165) is 17.1 Å². The highest BCUT2D eigenvalue weighted by Crippen LogP contribution is 2.62. The lowest BCUT2D eigenvalue weighted by molar-refractivity contribution is 0.660. The van der Waals surface area contributed by atoms with E-state index in [-0.39, 0.29) is 5.41 Å². The van der Waals surface area contributed by atoms with Gasteiger partial charge in [-0.15, -0.1) is 0 Å². The zero-order chi connectivity index (χ0) is 39.7. The molecule has 1 unspecified atom stereocenters. The third-order valence-electron chi connectivity index (χ3n) is 14.0. The maximum Gasteiger partial charge on any atom is 0.0755 e. The Balaban J connectivity index is 1.10. The number of rotatable bonds is 4. The molecule has 1 aliphatic heterocycles. The average molecular weight is 765 g/mol. The Kier molecular flexibility index (Phi) is 6.74. The molecular weight excluding hydrogens is 725 g/mol. The number of aromatic nitrogens is 1. The Labute approximate surface area is 350 Å². The molecule has 13 rings (SSSR count). The van der Waals surface area contributed by atoms with Crippen molar-refractivity contribution in [1.82, 2.24) is 4.57 Å². The highest BCUT2D eigenvalue weighted by Gasteiger charge is 2.51. The molecular formula is C58H40N2. The fourth-order valence-corrected chi connectivity index (χ4v) is 11.4. The fraction of sp³-hybridized carbons (Fsp3) is 0.0690. The van der Waals surface area contributed by atoms with Gasteiger partial charge in [-0.2, -0.15) is 0 Å². The standard InChI is InChI=1S/C58H40N2/c1-57(2)48-24-9-6-20-42(48)44-32-30-40(35-52(44)57)59(39-19-14-18-38(34-39)37-16-4-3-5-17-37)41-31-33-45-43-21-7-10-25-49(43)58(53(45)36-41)50-26-11-13-29-55(50)60-54-28-12-8-22-46(54)47-23-15-27-51(58)56(47)60/h3-36H,1-2H3. The first-order chi connectivity index (χ1) is 29.5. The van der Waals surface area contributed by atoms with Gasteiger partial charge in [0.2, 0.25) is 0 Å². The summed E-state index contributed by atoms with van der Waals surface area (Å²) < 4.78 is 2.52. The molecule has 0 bridgehead atoms. The summed E-state index contributed by atoms with van der Waals surface area (Å²) >= 11 is 0. The summed E-state index contributed by atoms with van der Waals surface area (Å²) in [5.41, 5.74) is 22.2. The lowest BCUT2D eigenvalue weighted by Crippen LogP contribution is -2.33. The van der Waals surface area contributed by atoms with Crippen molar-refractivity contribution in [3.63, 3.8) is 0 Å². The highest BCUT2D eigenvalue weighted by molar-refractivity contribution is 6.13. The van der Waals surface area contributed by atoms with Crippen molar-refractivity contribution in [3.8, 4) is 39.1 Å². The quantitative estimate of drug-likeness (QED) is 0.173. The molecule has 10 aromatic rings. The molecule has 2 heterocycles. The minimum Gasteiger partial charge on any atom is -0.310 e. The van der Waals surface area contributed by atoms with Crippen LogP contribution in [0, 0.1) is 0 Å². The molecule has 0 saturated heterocycles. The molecule has 2 nitrogen and oxygen atoms in total. The number of hydrogen-bond donors (Lipinski definition) is 0. The Hall–Kier alpha value is -7.42. The van der Waals surface area contributed by atoms with Crippen LogP contribution in [0.2, 0.25) is 0 Å². The van der Waals surface area contributed by atoms with Crippen molar-refractivity contribution in [2.45, 2.75) is 24.7 Å². The second-order valence-corrected chi connectivity index (χ2v) is 17.2. The van der Waals surface area contributed by atoms with E-state index >= 15 is 0 Å². The molecule has 3 aliphatic rings. The summed E-state index contributed by atoms with van der Waals surface area (Å²) in [6.07, 6.45) is 0. The Morgan fingerprint density at radius 2 is 0.917 bits per heavy atom. The molecule has 0 fully saturated rings. The molecule has 2 aliphatic carbocycles. The maximum absolute atomic E-state index is 2.52. The van der Waals surface area contributed by atoms with Crippen LogP contribution < -0.4 is 4.90 Å². The second-order valence-electron chi connectivity index (χ2n) is 17.2. The minimum absolute atomic E-state index is 0.133. The van der Waals surface area contributed by atoms with E-state index in [9.17, 15) is 0 Å². The maximum atomic E-state index is 2.52. The number of hydrogen-bond acceptors (Lipinski definition) is 1. The van der Waals surface area contributed by atoms with Crippen molar-refractivity contribution in [2.75, 3.05) is 4.90 Å². The number of para-hydroxylation sites is 3. The first kappa shape index (κ1) is 33.5. The van der Waals surface area contributed by atoms with Crippen LogP contribution in [-0.2, 0) is 10.8 Å². The molecule has 1 aromatic heterocycles. The van der Waals surface area contributed by atoms with Gasteiger partial charge in [0.1, 0.15) is 0 Å². The van der Waals surface area contributed by atoms with Gasteiger partial charge in [0.15, 0.2) is 0 Å². The summed E-state index contributed by atoms with van der Waals surface area (Å²) in [5, 5.41) is 2.58. The van der Waals surface area contributed by atoms with E-state index in [4.69, 9.17) is 0 Å². The summed E-state index contributed by atoms with van der Waals surface area (Å²) in [6.45, 7) is 4.75. The van der Waals surface area contributed by atoms with Gasteiger partial charge in [0.25, 0.3) is 0 Å². The lowest BCUT2D eigenvalue weighted by atomic mass is 9.65. The summed E-state index contributed by atoms with van der Waals surface area (Å²) in [4.78, 5) is 2.50. The third-order valence-corrected chi connectivity index (χ3v) is 14.0. The van der Waals surface area contributed by atoms with Gasteiger partial charge in [-0.05, 0) is 115 Å². The first-order valence-electron chi connectivity index (χ1n) is 21.1. The van der Waals surface area contributed by atoms with Gasteiger partial charge in [0, 0.05) is 33.2 Å². The zero-order valence-corrected chi connectivity index (χ0v) is 33.5. The van der Waals surface area contributed by atoms with E-state index in [1.54, 1.807) is 0 Å². The summed E-state index contributed by atoms with van der Waals surface area (Å²) in [6, 6.07) is 77.3. The third kappa shape index (κ3) is 4.27. The Bertz CT molecular complexity index is 3420. The smallest absolute Gasteiger partial charge is 0.0755 e. The van der Waals surface area contributed by atoms with Crippen LogP contribution >= 0.6 is 0 Å². The van der Waals surface area contributed by atoms with Crippen LogP contribution in [-0.4, -0.2) is 4.57 Å². The molecule has 0 amide bonds. The number of nitrogens with zero attached hydrogens (tertiary/aromatic N) is 2. The molecule has 1 atom stereocenters. The van der Waals surface area contributed by atoms with Gasteiger partial charge in [-0.25, -0.2) is 0 Å². The van der Waals surface area contributed by atoms with Gasteiger partial charge < -0.3 is 9.47 Å². The molecule has 282 valence electrons. The largest absolute Gasteiger partial charge is 0.310 e. The Morgan fingerprint density at radius 3 is 1.73 bits per heavy atom. The normalized spacial score (nSPS) is 16.0. The van der Waals surface area contributed by atoms with Gasteiger partial charge >= 0.3 is 0 Å². The van der Waals surface area contributed by atoms with Crippen molar-refractivity contribution >= 4 is 38.9 Å². The van der Waals surface area contributed by atoms with Crippen LogP contribution in [0.3, 0.4) is 0 Å². The summed E-state index contributed by atoms with van der Waals surface area (Å²) in [7, 11) is 0. The topological polar surface area (TPSA) is 8.17 Å². The van der Waals surface area contributed by atoms with Crippen LogP contribution in [0.4, 0.5) is 17.1 Å². The molecule has 0 N–H and O–H groups in total.